The first-order valence-electron chi connectivity index (χ1n) is 8.74. The lowest BCUT2D eigenvalue weighted by atomic mass is 9.68. The molecule has 5 heteroatoms. The molecule has 1 aliphatic carbocycles. The molecule has 27 heavy (non-hydrogen) atoms. The van der Waals surface area contributed by atoms with Gasteiger partial charge in [-0.15, -0.1) is 0 Å². The number of hydrogen-bond acceptors (Lipinski definition) is 3. The zero-order valence-electron chi connectivity index (χ0n) is 14.4. The number of fused-ring (bicyclic) bond motifs is 1. The molecule has 4 nitrogen and oxygen atoms in total. The van der Waals surface area contributed by atoms with Crippen LogP contribution < -0.4 is 0 Å². The highest BCUT2D eigenvalue weighted by molar-refractivity contribution is 5.73. The van der Waals surface area contributed by atoms with Gasteiger partial charge in [-0.3, -0.25) is 5.10 Å². The summed E-state index contributed by atoms with van der Waals surface area (Å²) < 4.78 is 18.9. The Labute approximate surface area is 155 Å². The van der Waals surface area contributed by atoms with E-state index in [4.69, 9.17) is 4.42 Å². The number of aromatic amines is 1. The summed E-state index contributed by atoms with van der Waals surface area (Å²) in [5.41, 5.74) is 4.45. The summed E-state index contributed by atoms with van der Waals surface area (Å²) in [6.07, 6.45) is 8.05. The largest absolute Gasteiger partial charge is 0.443 e. The van der Waals surface area contributed by atoms with Gasteiger partial charge >= 0.3 is 0 Å². The van der Waals surface area contributed by atoms with E-state index in [1.165, 1.54) is 18.4 Å². The number of nitrogens with zero attached hydrogens (tertiary/aromatic N) is 2. The summed E-state index contributed by atoms with van der Waals surface area (Å²) in [6, 6.07) is 17.0. The SMILES string of the molecule is Fc1ccc(C2(c3ccccc3)C=Cc3c(-c4ncco4)n[nH]c3C2)cc1. The Morgan fingerprint density at radius 1 is 1.00 bits per heavy atom. The van der Waals surface area contributed by atoms with Crippen molar-refractivity contribution in [1.29, 1.82) is 0 Å². The van der Waals surface area contributed by atoms with Gasteiger partial charge in [-0.25, -0.2) is 9.37 Å². The Morgan fingerprint density at radius 2 is 1.78 bits per heavy atom. The first-order chi connectivity index (χ1) is 13.3. The van der Waals surface area contributed by atoms with Crippen molar-refractivity contribution in [2.24, 2.45) is 0 Å². The van der Waals surface area contributed by atoms with Gasteiger partial charge in [0.05, 0.1) is 6.20 Å². The average Bonchev–Trinajstić information content (AvgIpc) is 3.38. The first-order valence-corrected chi connectivity index (χ1v) is 8.74. The molecule has 1 unspecified atom stereocenters. The van der Waals surface area contributed by atoms with Crippen LogP contribution in [0.15, 0.2) is 77.6 Å². The molecule has 132 valence electrons. The van der Waals surface area contributed by atoms with E-state index in [0.717, 1.165) is 22.4 Å². The van der Waals surface area contributed by atoms with E-state index in [0.29, 0.717) is 18.0 Å². The highest BCUT2D eigenvalue weighted by atomic mass is 19.1. The second-order valence-corrected chi connectivity index (χ2v) is 6.66. The summed E-state index contributed by atoms with van der Waals surface area (Å²) in [5.74, 6) is 0.251. The number of hydrogen-bond donors (Lipinski definition) is 1. The van der Waals surface area contributed by atoms with Crippen molar-refractivity contribution in [2.75, 3.05) is 0 Å². The third-order valence-electron chi connectivity index (χ3n) is 5.16. The molecule has 2 aromatic carbocycles. The van der Waals surface area contributed by atoms with Gasteiger partial charge in [0.2, 0.25) is 5.89 Å². The lowest BCUT2D eigenvalue weighted by Gasteiger charge is -2.34. The minimum Gasteiger partial charge on any atom is -0.443 e. The van der Waals surface area contributed by atoms with Crippen LogP contribution in [0.25, 0.3) is 17.7 Å². The molecule has 2 aromatic heterocycles. The third-order valence-corrected chi connectivity index (χ3v) is 5.16. The van der Waals surface area contributed by atoms with Gasteiger partial charge in [-0.2, -0.15) is 5.10 Å². The number of rotatable bonds is 3. The number of aromatic nitrogens is 3. The summed E-state index contributed by atoms with van der Waals surface area (Å²) in [7, 11) is 0. The Bertz CT molecular complexity index is 1100. The van der Waals surface area contributed by atoms with E-state index in [2.05, 4.69) is 39.5 Å². The Hall–Kier alpha value is -3.47. The van der Waals surface area contributed by atoms with Crippen LogP contribution >= 0.6 is 0 Å². The molecule has 1 aliphatic rings. The molecule has 0 saturated carbocycles. The molecule has 0 radical (unpaired) electrons. The fourth-order valence-electron chi connectivity index (χ4n) is 3.81. The quantitative estimate of drug-likeness (QED) is 0.575. The van der Waals surface area contributed by atoms with Crippen molar-refractivity contribution in [3.63, 3.8) is 0 Å². The second-order valence-electron chi connectivity index (χ2n) is 6.66. The van der Waals surface area contributed by atoms with E-state index in [1.54, 1.807) is 6.20 Å². The minimum atomic E-state index is -0.400. The average molecular weight is 357 g/mol. The van der Waals surface area contributed by atoms with Gasteiger partial charge in [-0.05, 0) is 23.3 Å². The van der Waals surface area contributed by atoms with E-state index >= 15 is 0 Å². The Morgan fingerprint density at radius 3 is 2.52 bits per heavy atom. The third kappa shape index (κ3) is 2.51. The van der Waals surface area contributed by atoms with Gasteiger partial charge in [0.25, 0.3) is 0 Å². The van der Waals surface area contributed by atoms with Crippen molar-refractivity contribution in [2.45, 2.75) is 11.8 Å². The molecule has 2 heterocycles. The number of halogens is 1. The summed E-state index contributed by atoms with van der Waals surface area (Å²) >= 11 is 0. The zero-order chi connectivity index (χ0) is 18.3. The summed E-state index contributed by atoms with van der Waals surface area (Å²) in [6.45, 7) is 0. The first kappa shape index (κ1) is 15.8. The van der Waals surface area contributed by atoms with Crippen LogP contribution in [-0.4, -0.2) is 15.2 Å². The number of nitrogens with one attached hydrogen (secondary N) is 1. The highest BCUT2D eigenvalue weighted by Gasteiger charge is 2.36. The standard InChI is InChI=1S/C22H16FN3O/c23-17-8-6-16(7-9-17)22(15-4-2-1-3-5-15)11-10-18-19(14-22)25-26-20(18)21-24-12-13-27-21/h1-13H,14H2,(H,25,26). The fraction of sp³-hybridized carbons (Fsp3) is 0.0909. The maximum atomic E-state index is 13.5. The molecule has 5 rings (SSSR count). The number of H-pyrrole nitrogens is 1. The number of oxazole rings is 1. The lowest BCUT2D eigenvalue weighted by molar-refractivity contribution is 0.571. The van der Waals surface area contributed by atoms with Crippen LogP contribution in [0.4, 0.5) is 4.39 Å². The molecule has 4 aromatic rings. The van der Waals surface area contributed by atoms with Crippen molar-refractivity contribution in [3.8, 4) is 11.6 Å². The molecule has 0 aliphatic heterocycles. The van der Waals surface area contributed by atoms with Crippen LogP contribution in [0.2, 0.25) is 0 Å². The summed E-state index contributed by atoms with van der Waals surface area (Å²) in [4.78, 5) is 4.20. The fourth-order valence-corrected chi connectivity index (χ4v) is 3.81. The molecule has 0 bridgehead atoms. The predicted molar refractivity (Wildman–Crippen MR) is 100 cm³/mol. The van der Waals surface area contributed by atoms with Crippen LogP contribution in [-0.2, 0) is 11.8 Å². The molecule has 0 spiro atoms. The van der Waals surface area contributed by atoms with Gasteiger partial charge in [-0.1, -0.05) is 54.6 Å². The molecule has 0 amide bonds. The molecule has 0 saturated heterocycles. The molecule has 1 N–H and O–H groups in total. The Kier molecular flexibility index (Phi) is 3.53. The second kappa shape index (κ2) is 6.06. The van der Waals surface area contributed by atoms with Gasteiger partial charge < -0.3 is 4.42 Å². The molecular formula is C22H16FN3O. The maximum Gasteiger partial charge on any atom is 0.247 e. The van der Waals surface area contributed by atoms with Gasteiger partial charge in [0.1, 0.15) is 12.1 Å². The normalized spacial score (nSPS) is 18.4. The van der Waals surface area contributed by atoms with Crippen molar-refractivity contribution in [1.82, 2.24) is 15.2 Å². The smallest absolute Gasteiger partial charge is 0.247 e. The van der Waals surface area contributed by atoms with E-state index < -0.39 is 5.41 Å². The molecule has 0 fully saturated rings. The van der Waals surface area contributed by atoms with E-state index in [9.17, 15) is 4.39 Å². The van der Waals surface area contributed by atoms with E-state index in [-0.39, 0.29) is 5.82 Å². The molecule has 1 atom stereocenters. The number of benzene rings is 2. The van der Waals surface area contributed by atoms with Crippen molar-refractivity contribution >= 4 is 6.08 Å². The van der Waals surface area contributed by atoms with Gasteiger partial charge in [0, 0.05) is 23.1 Å². The van der Waals surface area contributed by atoms with Crippen LogP contribution in [0.1, 0.15) is 22.4 Å². The predicted octanol–water partition coefficient (Wildman–Crippen LogP) is 4.76. The van der Waals surface area contributed by atoms with Crippen LogP contribution in [0, 0.1) is 5.82 Å². The van der Waals surface area contributed by atoms with Crippen LogP contribution in [0.3, 0.4) is 0 Å². The topological polar surface area (TPSA) is 54.7 Å². The van der Waals surface area contributed by atoms with Crippen molar-refractivity contribution in [3.05, 3.63) is 101 Å². The lowest BCUT2D eigenvalue weighted by Crippen LogP contribution is -2.30. The van der Waals surface area contributed by atoms with E-state index in [1.807, 2.05) is 30.3 Å². The van der Waals surface area contributed by atoms with Crippen molar-refractivity contribution < 1.29 is 8.81 Å². The molecular weight excluding hydrogens is 341 g/mol. The number of allylic oxidation sites excluding steroid dienone is 1. The van der Waals surface area contributed by atoms with Gasteiger partial charge in [0.15, 0.2) is 5.69 Å². The monoisotopic (exact) mass is 357 g/mol. The highest BCUT2D eigenvalue weighted by Crippen LogP contribution is 2.42. The Balaban J connectivity index is 1.67. The minimum absolute atomic E-state index is 0.241. The zero-order valence-corrected chi connectivity index (χ0v) is 14.4. The summed E-state index contributed by atoms with van der Waals surface area (Å²) in [5, 5.41) is 7.56. The van der Waals surface area contributed by atoms with Crippen LogP contribution in [0.5, 0.6) is 0 Å². The maximum absolute atomic E-state index is 13.5.